The van der Waals surface area contributed by atoms with E-state index in [-0.39, 0.29) is 23.8 Å². The van der Waals surface area contributed by atoms with E-state index in [4.69, 9.17) is 0 Å². The minimum absolute atomic E-state index is 0.0536. The van der Waals surface area contributed by atoms with E-state index in [1.807, 2.05) is 25.1 Å². The van der Waals surface area contributed by atoms with Crippen LogP contribution in [0.2, 0.25) is 0 Å². The molecule has 0 aromatic heterocycles. The van der Waals surface area contributed by atoms with Crippen LogP contribution in [0.15, 0.2) is 42.5 Å². The highest BCUT2D eigenvalue weighted by Gasteiger charge is 2.30. The SMILES string of the molecule is CCC(C)NC(=O)c1cc(NC(=O)C2CC2)ccc1N1CCc2ccccc2C1. The van der Waals surface area contributed by atoms with E-state index in [1.165, 1.54) is 11.1 Å². The highest BCUT2D eigenvalue weighted by Crippen LogP contribution is 2.32. The van der Waals surface area contributed by atoms with Crippen LogP contribution in [0, 0.1) is 5.92 Å². The molecule has 1 heterocycles. The summed E-state index contributed by atoms with van der Waals surface area (Å²) in [4.78, 5) is 27.5. The fraction of sp³-hybridized carbons (Fsp3) is 0.417. The molecular weight excluding hydrogens is 362 g/mol. The topological polar surface area (TPSA) is 61.4 Å². The number of rotatable bonds is 6. The second-order valence-electron chi connectivity index (χ2n) is 8.22. The largest absolute Gasteiger partial charge is 0.366 e. The fourth-order valence-corrected chi connectivity index (χ4v) is 3.77. The van der Waals surface area contributed by atoms with Crippen molar-refractivity contribution in [3.8, 4) is 0 Å². The monoisotopic (exact) mass is 391 g/mol. The zero-order valence-electron chi connectivity index (χ0n) is 17.2. The molecule has 2 aromatic rings. The van der Waals surface area contributed by atoms with Crippen molar-refractivity contribution in [3.05, 3.63) is 59.2 Å². The van der Waals surface area contributed by atoms with Crippen LogP contribution in [0.3, 0.4) is 0 Å². The van der Waals surface area contributed by atoms with Crippen molar-refractivity contribution in [2.75, 3.05) is 16.8 Å². The van der Waals surface area contributed by atoms with E-state index < -0.39 is 0 Å². The smallest absolute Gasteiger partial charge is 0.253 e. The summed E-state index contributed by atoms with van der Waals surface area (Å²) in [5.41, 5.74) is 4.92. The van der Waals surface area contributed by atoms with Gasteiger partial charge in [0.15, 0.2) is 0 Å². The van der Waals surface area contributed by atoms with Crippen molar-refractivity contribution in [2.45, 2.75) is 52.1 Å². The molecule has 152 valence electrons. The number of hydrogen-bond donors (Lipinski definition) is 2. The zero-order chi connectivity index (χ0) is 20.4. The van der Waals surface area contributed by atoms with Crippen LogP contribution in [0.5, 0.6) is 0 Å². The molecular formula is C24H29N3O2. The van der Waals surface area contributed by atoms with Gasteiger partial charge in [-0.3, -0.25) is 9.59 Å². The lowest BCUT2D eigenvalue weighted by Gasteiger charge is -2.32. The Bertz CT molecular complexity index is 920. The fourth-order valence-electron chi connectivity index (χ4n) is 3.77. The van der Waals surface area contributed by atoms with E-state index in [1.54, 1.807) is 0 Å². The van der Waals surface area contributed by atoms with E-state index >= 15 is 0 Å². The number of nitrogens with one attached hydrogen (secondary N) is 2. The third kappa shape index (κ3) is 4.44. The summed E-state index contributed by atoms with van der Waals surface area (Å²) in [5.74, 6) is 0.0966. The molecule has 0 radical (unpaired) electrons. The Morgan fingerprint density at radius 2 is 1.90 bits per heavy atom. The first-order valence-corrected chi connectivity index (χ1v) is 10.6. The number of hydrogen-bond acceptors (Lipinski definition) is 3. The Kier molecular flexibility index (Phi) is 5.56. The van der Waals surface area contributed by atoms with Gasteiger partial charge in [0.25, 0.3) is 5.91 Å². The Morgan fingerprint density at radius 1 is 1.14 bits per heavy atom. The third-order valence-corrected chi connectivity index (χ3v) is 5.92. The van der Waals surface area contributed by atoms with Crippen LogP contribution in [0.1, 0.15) is 54.6 Å². The lowest BCUT2D eigenvalue weighted by Crippen LogP contribution is -2.35. The molecule has 0 bridgehead atoms. The number of anilines is 2. The molecule has 1 unspecified atom stereocenters. The van der Waals surface area contributed by atoms with Crippen LogP contribution < -0.4 is 15.5 Å². The zero-order valence-corrected chi connectivity index (χ0v) is 17.2. The van der Waals surface area contributed by atoms with Crippen molar-refractivity contribution in [2.24, 2.45) is 5.92 Å². The van der Waals surface area contributed by atoms with E-state index in [0.29, 0.717) is 11.3 Å². The minimum Gasteiger partial charge on any atom is -0.366 e. The minimum atomic E-state index is -0.0873. The van der Waals surface area contributed by atoms with Crippen LogP contribution in [0.4, 0.5) is 11.4 Å². The maximum absolute atomic E-state index is 13.1. The predicted octanol–water partition coefficient (Wildman–Crippen LogP) is 4.13. The van der Waals surface area contributed by atoms with Crippen LogP contribution >= 0.6 is 0 Å². The van der Waals surface area contributed by atoms with Crippen molar-refractivity contribution in [1.29, 1.82) is 0 Å². The molecule has 1 atom stereocenters. The number of fused-ring (bicyclic) bond motifs is 1. The molecule has 0 spiro atoms. The summed E-state index contributed by atoms with van der Waals surface area (Å²) < 4.78 is 0. The number of carbonyl (C=O) groups excluding carboxylic acids is 2. The van der Waals surface area contributed by atoms with Crippen LogP contribution in [0.25, 0.3) is 0 Å². The summed E-state index contributed by atoms with van der Waals surface area (Å²) >= 11 is 0. The predicted molar refractivity (Wildman–Crippen MR) is 116 cm³/mol. The summed E-state index contributed by atoms with van der Waals surface area (Å²) in [7, 11) is 0. The van der Waals surface area contributed by atoms with Gasteiger partial charge >= 0.3 is 0 Å². The molecule has 5 heteroatoms. The van der Waals surface area contributed by atoms with Gasteiger partial charge < -0.3 is 15.5 Å². The Labute approximate surface area is 172 Å². The van der Waals surface area contributed by atoms with Gasteiger partial charge in [-0.2, -0.15) is 0 Å². The standard InChI is InChI=1S/C24H29N3O2/c1-3-16(2)25-24(29)21-14-20(26-23(28)18-8-9-18)10-11-22(21)27-13-12-17-6-4-5-7-19(17)15-27/h4-7,10-11,14,16,18H,3,8-9,12-13,15H2,1-2H3,(H,25,29)(H,26,28). The first kappa shape index (κ1) is 19.5. The molecule has 1 saturated carbocycles. The van der Waals surface area contributed by atoms with Gasteiger partial charge in [0.1, 0.15) is 0 Å². The molecule has 1 fully saturated rings. The van der Waals surface area contributed by atoms with Crippen molar-refractivity contribution in [1.82, 2.24) is 5.32 Å². The Morgan fingerprint density at radius 3 is 2.62 bits per heavy atom. The number of benzene rings is 2. The first-order valence-electron chi connectivity index (χ1n) is 10.6. The van der Waals surface area contributed by atoms with Gasteiger partial charge in [0, 0.05) is 36.4 Å². The van der Waals surface area contributed by atoms with E-state index in [2.05, 4.69) is 46.7 Å². The quantitative estimate of drug-likeness (QED) is 0.778. The van der Waals surface area contributed by atoms with Gasteiger partial charge in [-0.1, -0.05) is 31.2 Å². The summed E-state index contributed by atoms with van der Waals surface area (Å²) in [6, 6.07) is 14.3. The summed E-state index contributed by atoms with van der Waals surface area (Å²) in [6.45, 7) is 5.72. The summed E-state index contributed by atoms with van der Waals surface area (Å²) in [5, 5.41) is 6.06. The van der Waals surface area contributed by atoms with E-state index in [0.717, 1.165) is 44.5 Å². The second-order valence-corrected chi connectivity index (χ2v) is 8.22. The van der Waals surface area contributed by atoms with Crippen molar-refractivity contribution in [3.63, 3.8) is 0 Å². The van der Waals surface area contributed by atoms with Gasteiger partial charge in [-0.05, 0) is 61.9 Å². The molecule has 2 N–H and O–H groups in total. The highest BCUT2D eigenvalue weighted by molar-refractivity contribution is 6.02. The molecule has 1 aliphatic heterocycles. The van der Waals surface area contributed by atoms with Gasteiger partial charge in [-0.15, -0.1) is 0 Å². The molecule has 29 heavy (non-hydrogen) atoms. The molecule has 0 saturated heterocycles. The molecule has 2 aliphatic rings. The lowest BCUT2D eigenvalue weighted by molar-refractivity contribution is -0.117. The Hall–Kier alpha value is -2.82. The van der Waals surface area contributed by atoms with E-state index in [9.17, 15) is 9.59 Å². The lowest BCUT2D eigenvalue weighted by atomic mass is 9.98. The maximum atomic E-state index is 13.1. The first-order chi connectivity index (χ1) is 14.0. The molecule has 1 aliphatic carbocycles. The van der Waals surface area contributed by atoms with Crippen LogP contribution in [-0.2, 0) is 17.8 Å². The average molecular weight is 392 g/mol. The number of nitrogens with zero attached hydrogens (tertiary/aromatic N) is 1. The normalized spacial score (nSPS) is 16.7. The summed E-state index contributed by atoms with van der Waals surface area (Å²) in [6.07, 6.45) is 3.75. The molecule has 4 rings (SSSR count). The average Bonchev–Trinajstić information content (AvgIpc) is 3.58. The van der Waals surface area contributed by atoms with Gasteiger partial charge in [-0.25, -0.2) is 0 Å². The van der Waals surface area contributed by atoms with Crippen molar-refractivity contribution < 1.29 is 9.59 Å². The molecule has 2 aromatic carbocycles. The molecule has 2 amide bonds. The number of amides is 2. The van der Waals surface area contributed by atoms with Gasteiger partial charge in [0.05, 0.1) is 5.56 Å². The van der Waals surface area contributed by atoms with Gasteiger partial charge in [0.2, 0.25) is 5.91 Å². The van der Waals surface area contributed by atoms with Crippen LogP contribution in [-0.4, -0.2) is 24.4 Å². The maximum Gasteiger partial charge on any atom is 0.253 e. The van der Waals surface area contributed by atoms with Crippen molar-refractivity contribution >= 4 is 23.2 Å². The molecule has 5 nitrogen and oxygen atoms in total. The highest BCUT2D eigenvalue weighted by atomic mass is 16.2. The second kappa shape index (κ2) is 8.27. The third-order valence-electron chi connectivity index (χ3n) is 5.92. The Balaban J connectivity index is 1.62. The number of carbonyl (C=O) groups is 2.